The van der Waals surface area contributed by atoms with E-state index in [1.54, 1.807) is 13.2 Å². The van der Waals surface area contributed by atoms with E-state index in [9.17, 15) is 0 Å². The number of nitrogens with one attached hydrogen (secondary N) is 1. The molecule has 0 bridgehead atoms. The fourth-order valence-corrected chi connectivity index (χ4v) is 1.43. The second-order valence-corrected chi connectivity index (χ2v) is 4.21. The number of ether oxygens (including phenoxy) is 2. The highest BCUT2D eigenvalue weighted by Crippen LogP contribution is 2.29. The highest BCUT2D eigenvalue weighted by Gasteiger charge is 2.10. The predicted molar refractivity (Wildman–Crippen MR) is 69.8 cm³/mol. The minimum absolute atomic E-state index is 0.0119. The molecular formula is C11H18ClN3O2. The normalized spacial score (nSPS) is 10.6. The number of methoxy groups -OCH3 is 1. The SMILES string of the molecule is COCCNc1nc(OC(C)C)c(N)cc1Cl. The van der Waals surface area contributed by atoms with Crippen molar-refractivity contribution in [2.75, 3.05) is 31.3 Å². The fourth-order valence-electron chi connectivity index (χ4n) is 1.20. The molecule has 0 saturated heterocycles. The lowest BCUT2D eigenvalue weighted by molar-refractivity contribution is 0.210. The number of nitrogens with zero attached hydrogens (tertiary/aromatic N) is 1. The summed E-state index contributed by atoms with van der Waals surface area (Å²) in [4.78, 5) is 4.24. The van der Waals surface area contributed by atoms with Gasteiger partial charge < -0.3 is 20.5 Å². The van der Waals surface area contributed by atoms with Gasteiger partial charge in [-0.3, -0.25) is 0 Å². The van der Waals surface area contributed by atoms with Crippen molar-refractivity contribution in [3.8, 4) is 5.88 Å². The number of pyridine rings is 1. The van der Waals surface area contributed by atoms with Crippen molar-refractivity contribution in [3.05, 3.63) is 11.1 Å². The Kier molecular flexibility index (Phi) is 5.31. The molecule has 1 aromatic rings. The molecule has 0 atom stereocenters. The fraction of sp³-hybridized carbons (Fsp3) is 0.545. The molecule has 5 nitrogen and oxygen atoms in total. The van der Waals surface area contributed by atoms with E-state index in [2.05, 4.69) is 10.3 Å². The zero-order valence-corrected chi connectivity index (χ0v) is 11.0. The van der Waals surface area contributed by atoms with Crippen LogP contribution >= 0.6 is 11.6 Å². The predicted octanol–water partition coefficient (Wildman–Crippen LogP) is 2.16. The molecule has 1 heterocycles. The lowest BCUT2D eigenvalue weighted by atomic mass is 10.4. The number of aromatic nitrogens is 1. The third-order valence-electron chi connectivity index (χ3n) is 1.91. The Bertz CT molecular complexity index is 372. The molecule has 0 aromatic carbocycles. The van der Waals surface area contributed by atoms with Gasteiger partial charge >= 0.3 is 0 Å². The van der Waals surface area contributed by atoms with E-state index in [0.29, 0.717) is 35.6 Å². The van der Waals surface area contributed by atoms with E-state index >= 15 is 0 Å². The first kappa shape index (κ1) is 13.9. The third kappa shape index (κ3) is 4.28. The van der Waals surface area contributed by atoms with Crippen molar-refractivity contribution in [2.45, 2.75) is 20.0 Å². The monoisotopic (exact) mass is 259 g/mol. The Hall–Kier alpha value is -1.20. The van der Waals surface area contributed by atoms with Crippen molar-refractivity contribution < 1.29 is 9.47 Å². The summed E-state index contributed by atoms with van der Waals surface area (Å²) in [5.41, 5.74) is 6.20. The molecule has 0 amide bonds. The maximum absolute atomic E-state index is 6.02. The summed E-state index contributed by atoms with van der Waals surface area (Å²) in [5.74, 6) is 0.942. The molecule has 0 spiro atoms. The van der Waals surface area contributed by atoms with E-state index in [0.717, 1.165) is 0 Å². The van der Waals surface area contributed by atoms with Crippen molar-refractivity contribution in [1.82, 2.24) is 4.98 Å². The molecule has 0 aliphatic carbocycles. The first-order chi connectivity index (χ1) is 8.04. The molecule has 1 aromatic heterocycles. The summed E-state index contributed by atoms with van der Waals surface area (Å²) < 4.78 is 10.4. The maximum atomic E-state index is 6.02. The molecule has 96 valence electrons. The minimum Gasteiger partial charge on any atom is -0.473 e. The summed E-state index contributed by atoms with van der Waals surface area (Å²) in [6.07, 6.45) is 0.0119. The van der Waals surface area contributed by atoms with Crippen molar-refractivity contribution in [1.29, 1.82) is 0 Å². The third-order valence-corrected chi connectivity index (χ3v) is 2.20. The van der Waals surface area contributed by atoms with E-state index in [1.165, 1.54) is 0 Å². The topological polar surface area (TPSA) is 69.4 Å². The van der Waals surface area contributed by atoms with Crippen LogP contribution in [-0.2, 0) is 4.74 Å². The second kappa shape index (κ2) is 6.51. The van der Waals surface area contributed by atoms with Gasteiger partial charge in [0.15, 0.2) is 0 Å². The van der Waals surface area contributed by atoms with Crippen molar-refractivity contribution in [2.24, 2.45) is 0 Å². The molecular weight excluding hydrogens is 242 g/mol. The smallest absolute Gasteiger partial charge is 0.239 e. The van der Waals surface area contributed by atoms with E-state index in [4.69, 9.17) is 26.8 Å². The van der Waals surface area contributed by atoms with Crippen LogP contribution in [0.4, 0.5) is 11.5 Å². The van der Waals surface area contributed by atoms with E-state index in [-0.39, 0.29) is 6.10 Å². The van der Waals surface area contributed by atoms with E-state index in [1.807, 2.05) is 13.8 Å². The van der Waals surface area contributed by atoms with Gasteiger partial charge in [0.2, 0.25) is 5.88 Å². The van der Waals surface area contributed by atoms with Gasteiger partial charge in [0.05, 0.1) is 23.4 Å². The van der Waals surface area contributed by atoms with Crippen molar-refractivity contribution in [3.63, 3.8) is 0 Å². The summed E-state index contributed by atoms with van der Waals surface area (Å²) in [7, 11) is 1.63. The molecule has 3 N–H and O–H groups in total. The second-order valence-electron chi connectivity index (χ2n) is 3.80. The summed E-state index contributed by atoms with van der Waals surface area (Å²) >= 11 is 6.02. The number of nitrogen functional groups attached to an aromatic ring is 1. The lowest BCUT2D eigenvalue weighted by Crippen LogP contribution is -2.13. The first-order valence-corrected chi connectivity index (χ1v) is 5.78. The highest BCUT2D eigenvalue weighted by atomic mass is 35.5. The zero-order chi connectivity index (χ0) is 12.8. The number of halogens is 1. The maximum Gasteiger partial charge on any atom is 0.239 e. The van der Waals surface area contributed by atoms with Gasteiger partial charge in [-0.25, -0.2) is 0 Å². The molecule has 0 aliphatic rings. The number of hydrogen-bond donors (Lipinski definition) is 2. The molecule has 0 aliphatic heterocycles. The van der Waals surface area contributed by atoms with Gasteiger partial charge in [-0.15, -0.1) is 0 Å². The van der Waals surface area contributed by atoms with E-state index < -0.39 is 0 Å². The van der Waals surface area contributed by atoms with Crippen LogP contribution < -0.4 is 15.8 Å². The largest absolute Gasteiger partial charge is 0.473 e. The van der Waals surface area contributed by atoms with Crippen LogP contribution in [0.15, 0.2) is 6.07 Å². The quantitative estimate of drug-likeness (QED) is 0.766. The molecule has 0 fully saturated rings. The lowest BCUT2D eigenvalue weighted by Gasteiger charge is -2.14. The average Bonchev–Trinajstić information content (AvgIpc) is 2.24. The Labute approximate surface area is 106 Å². The Morgan fingerprint density at radius 3 is 2.82 bits per heavy atom. The Morgan fingerprint density at radius 2 is 2.24 bits per heavy atom. The zero-order valence-electron chi connectivity index (χ0n) is 10.3. The number of anilines is 2. The summed E-state index contributed by atoms with van der Waals surface area (Å²) in [5, 5.41) is 3.52. The number of rotatable bonds is 6. The standard InChI is InChI=1S/C11H18ClN3O2/c1-7(2)17-11-9(13)6-8(12)10(15-11)14-4-5-16-3/h6-7H,4-5,13H2,1-3H3,(H,14,15). The first-order valence-electron chi connectivity index (χ1n) is 5.40. The molecule has 6 heteroatoms. The molecule has 0 unspecified atom stereocenters. The van der Waals surface area contributed by atoms with Gasteiger partial charge in [-0.05, 0) is 19.9 Å². The number of hydrogen-bond acceptors (Lipinski definition) is 5. The van der Waals surface area contributed by atoms with Crippen LogP contribution in [0.25, 0.3) is 0 Å². The summed E-state index contributed by atoms with van der Waals surface area (Å²) in [6.45, 7) is 5.01. The Morgan fingerprint density at radius 1 is 1.53 bits per heavy atom. The van der Waals surface area contributed by atoms with Crippen LogP contribution in [0, 0.1) is 0 Å². The van der Waals surface area contributed by atoms with Crippen LogP contribution in [0.1, 0.15) is 13.8 Å². The molecule has 0 radical (unpaired) electrons. The van der Waals surface area contributed by atoms with Gasteiger partial charge in [0.25, 0.3) is 0 Å². The summed E-state index contributed by atoms with van der Waals surface area (Å²) in [6, 6.07) is 1.63. The van der Waals surface area contributed by atoms with Crippen LogP contribution in [0.3, 0.4) is 0 Å². The van der Waals surface area contributed by atoms with Gasteiger partial charge in [-0.1, -0.05) is 11.6 Å². The van der Waals surface area contributed by atoms with Gasteiger partial charge in [0, 0.05) is 13.7 Å². The van der Waals surface area contributed by atoms with Crippen LogP contribution in [0.2, 0.25) is 5.02 Å². The van der Waals surface area contributed by atoms with Gasteiger partial charge in [0.1, 0.15) is 5.82 Å². The van der Waals surface area contributed by atoms with Crippen LogP contribution in [0.5, 0.6) is 5.88 Å². The minimum atomic E-state index is 0.0119. The molecule has 0 saturated carbocycles. The van der Waals surface area contributed by atoms with Crippen LogP contribution in [-0.4, -0.2) is 31.3 Å². The average molecular weight is 260 g/mol. The Balaban J connectivity index is 2.82. The highest BCUT2D eigenvalue weighted by molar-refractivity contribution is 6.33. The van der Waals surface area contributed by atoms with Crippen molar-refractivity contribution >= 4 is 23.1 Å². The van der Waals surface area contributed by atoms with Gasteiger partial charge in [-0.2, -0.15) is 4.98 Å². The molecule has 17 heavy (non-hydrogen) atoms. The number of nitrogens with two attached hydrogens (primary N) is 1. The molecule has 1 rings (SSSR count).